The maximum Gasteiger partial charge on any atom is 0.250 e. The summed E-state index contributed by atoms with van der Waals surface area (Å²) in [6, 6.07) is 14.3. The number of hydrogen-bond acceptors (Lipinski definition) is 8. The van der Waals surface area contributed by atoms with Gasteiger partial charge >= 0.3 is 0 Å². The minimum atomic E-state index is -0.223. The molecule has 0 saturated heterocycles. The number of phenols is 1. The number of amides is 1. The molecule has 0 aliphatic carbocycles. The van der Waals surface area contributed by atoms with Crippen LogP contribution in [0.3, 0.4) is 0 Å². The van der Waals surface area contributed by atoms with Gasteiger partial charge in [-0.3, -0.25) is 4.79 Å². The number of hydrogen-bond donors (Lipinski definition) is 2. The molecule has 10 heteroatoms. The molecule has 0 spiro atoms. The van der Waals surface area contributed by atoms with Crippen molar-refractivity contribution in [1.29, 1.82) is 0 Å². The van der Waals surface area contributed by atoms with Crippen molar-refractivity contribution in [3.8, 4) is 5.75 Å². The molecule has 29 heavy (non-hydrogen) atoms. The first kappa shape index (κ1) is 21.6. The molecule has 2 aromatic carbocycles. The third kappa shape index (κ3) is 7.04. The minimum Gasteiger partial charge on any atom is -0.508 e. The van der Waals surface area contributed by atoms with Crippen LogP contribution in [-0.2, 0) is 10.5 Å². The van der Waals surface area contributed by atoms with Crippen LogP contribution >= 0.6 is 46.5 Å². The van der Waals surface area contributed by atoms with Crippen molar-refractivity contribution < 1.29 is 9.90 Å². The zero-order valence-corrected chi connectivity index (χ0v) is 18.5. The number of nitrogens with zero attached hydrogens (tertiary/aromatic N) is 3. The molecule has 1 aromatic heterocycles. The third-order valence-electron chi connectivity index (χ3n) is 3.62. The second kappa shape index (κ2) is 10.6. The van der Waals surface area contributed by atoms with Crippen LogP contribution in [0, 0.1) is 0 Å². The highest BCUT2D eigenvalue weighted by atomic mass is 35.5. The predicted molar refractivity (Wildman–Crippen MR) is 120 cm³/mol. The average molecular weight is 465 g/mol. The molecule has 3 aromatic rings. The van der Waals surface area contributed by atoms with Gasteiger partial charge in [0.25, 0.3) is 5.91 Å². The Morgan fingerprint density at radius 2 is 1.76 bits per heavy atom. The lowest BCUT2D eigenvalue weighted by Gasteiger charge is -2.02. The zero-order chi connectivity index (χ0) is 20.6. The molecule has 0 atom stereocenters. The lowest BCUT2D eigenvalue weighted by atomic mass is 10.1. The van der Waals surface area contributed by atoms with Gasteiger partial charge in [0.15, 0.2) is 8.68 Å². The van der Waals surface area contributed by atoms with E-state index in [0.29, 0.717) is 10.7 Å². The number of aromatic nitrogens is 2. The predicted octanol–water partition coefficient (Wildman–Crippen LogP) is 4.82. The van der Waals surface area contributed by atoms with E-state index in [1.807, 2.05) is 24.3 Å². The number of aromatic hydroxyl groups is 1. The third-order valence-corrected chi connectivity index (χ3v) is 7.14. The number of nitrogens with one attached hydrogen (secondary N) is 1. The Morgan fingerprint density at radius 1 is 1.10 bits per heavy atom. The zero-order valence-electron chi connectivity index (χ0n) is 15.3. The molecule has 150 valence electrons. The van der Waals surface area contributed by atoms with Crippen molar-refractivity contribution >= 4 is 58.1 Å². The van der Waals surface area contributed by atoms with Crippen LogP contribution in [0.15, 0.2) is 62.3 Å². The topological polar surface area (TPSA) is 87.5 Å². The number of rotatable bonds is 8. The van der Waals surface area contributed by atoms with Gasteiger partial charge in [-0.1, -0.05) is 58.6 Å². The fraction of sp³-hybridized carbons (Fsp3) is 0.158. The van der Waals surface area contributed by atoms with Gasteiger partial charge in [0.05, 0.1) is 11.5 Å². The second-order valence-corrected chi connectivity index (χ2v) is 9.68. The summed E-state index contributed by atoms with van der Waals surface area (Å²) in [5, 5.41) is 22.4. The van der Waals surface area contributed by atoms with Gasteiger partial charge < -0.3 is 5.11 Å². The van der Waals surface area contributed by atoms with E-state index in [1.165, 1.54) is 23.1 Å². The number of phenolic OH excluding ortho intramolecular Hbond substituents is 1. The van der Waals surface area contributed by atoms with E-state index in [-0.39, 0.29) is 17.4 Å². The Hall–Kier alpha value is -2.07. The van der Waals surface area contributed by atoms with E-state index in [1.54, 1.807) is 43.0 Å². The van der Waals surface area contributed by atoms with Crippen LogP contribution in [0.2, 0.25) is 5.02 Å². The van der Waals surface area contributed by atoms with Crippen molar-refractivity contribution in [2.24, 2.45) is 5.10 Å². The van der Waals surface area contributed by atoms with E-state index in [4.69, 9.17) is 11.6 Å². The van der Waals surface area contributed by atoms with Crippen LogP contribution in [0.1, 0.15) is 18.1 Å². The van der Waals surface area contributed by atoms with Gasteiger partial charge in [-0.2, -0.15) is 5.10 Å². The van der Waals surface area contributed by atoms with E-state index in [9.17, 15) is 9.90 Å². The standard InChI is InChI=1S/C19H17ClN4O2S3/c1-12(14-4-8-16(25)9-5-14)21-22-17(26)11-28-19-24-23-18(29-19)27-10-13-2-6-15(20)7-3-13/h2-9,25H,10-11H2,1H3,(H,22,26). The molecule has 2 N–H and O–H groups in total. The van der Waals surface area contributed by atoms with Crippen molar-refractivity contribution in [3.63, 3.8) is 0 Å². The second-order valence-electron chi connectivity index (χ2n) is 5.82. The van der Waals surface area contributed by atoms with E-state index >= 15 is 0 Å². The number of hydrazone groups is 1. The fourth-order valence-electron chi connectivity index (χ4n) is 2.11. The largest absolute Gasteiger partial charge is 0.508 e. The number of benzene rings is 2. The van der Waals surface area contributed by atoms with Crippen molar-refractivity contribution in [2.45, 2.75) is 21.4 Å². The molecular formula is C19H17ClN4O2S3. The van der Waals surface area contributed by atoms with Crippen LogP contribution < -0.4 is 5.43 Å². The van der Waals surface area contributed by atoms with Crippen molar-refractivity contribution in [2.75, 3.05) is 5.75 Å². The summed E-state index contributed by atoms with van der Waals surface area (Å²) < 4.78 is 1.59. The van der Waals surface area contributed by atoms with Crippen LogP contribution in [0.25, 0.3) is 0 Å². The van der Waals surface area contributed by atoms with Crippen LogP contribution in [0.5, 0.6) is 5.75 Å². The molecule has 0 bridgehead atoms. The molecule has 1 heterocycles. The van der Waals surface area contributed by atoms with Gasteiger partial charge in [0.1, 0.15) is 5.75 Å². The Bertz CT molecular complexity index is 991. The molecule has 0 unspecified atom stereocenters. The number of thioether (sulfide) groups is 2. The molecule has 6 nitrogen and oxygen atoms in total. The summed E-state index contributed by atoms with van der Waals surface area (Å²) in [4.78, 5) is 12.0. The molecule has 0 radical (unpaired) electrons. The molecule has 0 saturated carbocycles. The van der Waals surface area contributed by atoms with Gasteiger partial charge in [0.2, 0.25) is 0 Å². The molecule has 0 aliphatic rings. The van der Waals surface area contributed by atoms with Crippen molar-refractivity contribution in [3.05, 3.63) is 64.7 Å². The first-order valence-corrected chi connectivity index (χ1v) is 11.6. The number of carbonyl (C=O) groups is 1. The minimum absolute atomic E-state index is 0.185. The summed E-state index contributed by atoms with van der Waals surface area (Å²) in [6.07, 6.45) is 0. The smallest absolute Gasteiger partial charge is 0.250 e. The lowest BCUT2D eigenvalue weighted by Crippen LogP contribution is -2.21. The highest BCUT2D eigenvalue weighted by Crippen LogP contribution is 2.30. The highest BCUT2D eigenvalue weighted by Gasteiger charge is 2.09. The Balaban J connectivity index is 1.43. The maximum absolute atomic E-state index is 12.0. The first-order valence-electron chi connectivity index (χ1n) is 8.45. The summed E-state index contributed by atoms with van der Waals surface area (Å²) in [6.45, 7) is 1.79. The van der Waals surface area contributed by atoms with E-state index in [0.717, 1.165) is 25.6 Å². The molecule has 0 aliphatic heterocycles. The monoisotopic (exact) mass is 464 g/mol. The quantitative estimate of drug-likeness (QED) is 0.282. The summed E-state index contributed by atoms with van der Waals surface area (Å²) in [7, 11) is 0. The summed E-state index contributed by atoms with van der Waals surface area (Å²) in [5.74, 6) is 0.939. The van der Waals surface area contributed by atoms with E-state index in [2.05, 4.69) is 20.7 Å². The summed E-state index contributed by atoms with van der Waals surface area (Å²) >= 11 is 10.3. The Morgan fingerprint density at radius 3 is 2.45 bits per heavy atom. The average Bonchev–Trinajstić information content (AvgIpc) is 3.18. The number of halogens is 1. The molecule has 3 rings (SSSR count). The molecule has 0 fully saturated rings. The number of carbonyl (C=O) groups excluding carboxylic acids is 1. The van der Waals surface area contributed by atoms with Gasteiger partial charge in [-0.05, 0) is 54.4 Å². The van der Waals surface area contributed by atoms with Gasteiger partial charge in [0, 0.05) is 10.8 Å². The van der Waals surface area contributed by atoms with Crippen LogP contribution in [0.4, 0.5) is 0 Å². The van der Waals surface area contributed by atoms with E-state index < -0.39 is 0 Å². The Kier molecular flexibility index (Phi) is 7.93. The first-order chi connectivity index (χ1) is 14.0. The van der Waals surface area contributed by atoms with Gasteiger partial charge in [-0.25, -0.2) is 5.43 Å². The maximum atomic E-state index is 12.0. The lowest BCUT2D eigenvalue weighted by molar-refractivity contribution is -0.118. The SMILES string of the molecule is CC(=NNC(=O)CSc1nnc(SCc2ccc(Cl)cc2)s1)c1ccc(O)cc1. The van der Waals surface area contributed by atoms with Crippen molar-refractivity contribution in [1.82, 2.24) is 15.6 Å². The summed E-state index contributed by atoms with van der Waals surface area (Å²) in [5.41, 5.74) is 5.16. The molecular weight excluding hydrogens is 448 g/mol. The fourth-order valence-corrected chi connectivity index (χ4v) is 5.01. The Labute approximate surface area is 185 Å². The molecule has 1 amide bonds. The normalized spacial score (nSPS) is 11.4. The van der Waals surface area contributed by atoms with Crippen LogP contribution in [-0.4, -0.2) is 32.7 Å². The highest BCUT2D eigenvalue weighted by molar-refractivity contribution is 8.03. The van der Waals surface area contributed by atoms with Gasteiger partial charge in [-0.15, -0.1) is 10.2 Å².